The summed E-state index contributed by atoms with van der Waals surface area (Å²) in [6.07, 6.45) is 4.81. The van der Waals surface area contributed by atoms with Gasteiger partial charge < -0.3 is 19.5 Å². The average Bonchev–Trinajstić information content (AvgIpc) is 2.51. The van der Waals surface area contributed by atoms with E-state index in [4.69, 9.17) is 14.2 Å². The zero-order valence-corrected chi connectivity index (χ0v) is 14.2. The molecular weight excluding hydrogens is 282 g/mol. The summed E-state index contributed by atoms with van der Waals surface area (Å²) in [6.45, 7) is 9.75. The van der Waals surface area contributed by atoms with Crippen LogP contribution in [0.3, 0.4) is 0 Å². The van der Waals surface area contributed by atoms with Crippen LogP contribution >= 0.6 is 0 Å². The predicted octanol–water partition coefficient (Wildman–Crippen LogP) is 2.65. The Morgan fingerprint density at radius 3 is 2.86 bits per heavy atom. The largest absolute Gasteiger partial charge is 0.459 e. The lowest BCUT2D eigenvalue weighted by atomic mass is 9.96. The van der Waals surface area contributed by atoms with E-state index >= 15 is 0 Å². The van der Waals surface area contributed by atoms with Gasteiger partial charge in [-0.05, 0) is 25.2 Å². The van der Waals surface area contributed by atoms with Crippen molar-refractivity contribution in [2.75, 3.05) is 26.9 Å². The molecule has 0 spiro atoms. The van der Waals surface area contributed by atoms with Gasteiger partial charge in [0.05, 0.1) is 12.7 Å². The molecule has 0 aliphatic carbocycles. The molecule has 1 N–H and O–H groups in total. The molecule has 0 amide bonds. The molecule has 5 heteroatoms. The minimum atomic E-state index is -0.257. The molecule has 1 fully saturated rings. The number of rotatable bonds is 10. The van der Waals surface area contributed by atoms with Crippen molar-refractivity contribution < 1.29 is 19.0 Å². The van der Waals surface area contributed by atoms with Gasteiger partial charge in [-0.2, -0.15) is 0 Å². The standard InChI is InChI=1S/C17H31NO4/c1-5-7-13(2)16(20-4)10-14(3)18-11-17(19)22-15-8-6-9-21-12-15/h13,15-16,18H,3,5-12H2,1-2,4H3/t13-,15+,16-/m0/s1. The van der Waals surface area contributed by atoms with Crippen LogP contribution in [-0.4, -0.2) is 45.0 Å². The zero-order valence-electron chi connectivity index (χ0n) is 14.2. The van der Waals surface area contributed by atoms with Crippen molar-refractivity contribution in [3.63, 3.8) is 0 Å². The van der Waals surface area contributed by atoms with Gasteiger partial charge in [0.1, 0.15) is 12.6 Å². The fourth-order valence-electron chi connectivity index (χ4n) is 2.70. The first-order valence-electron chi connectivity index (χ1n) is 8.28. The second-order valence-electron chi connectivity index (χ2n) is 6.03. The Morgan fingerprint density at radius 1 is 1.50 bits per heavy atom. The van der Waals surface area contributed by atoms with Gasteiger partial charge in [-0.1, -0.05) is 26.8 Å². The number of ether oxygens (including phenoxy) is 3. The van der Waals surface area contributed by atoms with Crippen LogP contribution in [0.5, 0.6) is 0 Å². The monoisotopic (exact) mass is 313 g/mol. The second-order valence-corrected chi connectivity index (χ2v) is 6.03. The van der Waals surface area contributed by atoms with E-state index < -0.39 is 0 Å². The van der Waals surface area contributed by atoms with Gasteiger partial charge >= 0.3 is 5.97 Å². The fourth-order valence-corrected chi connectivity index (χ4v) is 2.70. The van der Waals surface area contributed by atoms with Gasteiger partial charge in [0.25, 0.3) is 0 Å². The Labute approximate surface area is 134 Å². The van der Waals surface area contributed by atoms with E-state index in [1.165, 1.54) is 0 Å². The molecule has 1 heterocycles. The van der Waals surface area contributed by atoms with E-state index in [2.05, 4.69) is 25.7 Å². The topological polar surface area (TPSA) is 56.8 Å². The maximum absolute atomic E-state index is 11.8. The number of carbonyl (C=O) groups is 1. The smallest absolute Gasteiger partial charge is 0.325 e. The van der Waals surface area contributed by atoms with Crippen molar-refractivity contribution in [1.29, 1.82) is 0 Å². The maximum Gasteiger partial charge on any atom is 0.325 e. The van der Waals surface area contributed by atoms with Crippen LogP contribution in [-0.2, 0) is 19.0 Å². The summed E-state index contributed by atoms with van der Waals surface area (Å²) in [5.41, 5.74) is 0.812. The van der Waals surface area contributed by atoms with E-state index in [1.54, 1.807) is 7.11 Å². The van der Waals surface area contributed by atoms with Crippen molar-refractivity contribution in [3.8, 4) is 0 Å². The number of esters is 1. The highest BCUT2D eigenvalue weighted by molar-refractivity contribution is 5.72. The summed E-state index contributed by atoms with van der Waals surface area (Å²) in [7, 11) is 1.72. The average molecular weight is 313 g/mol. The van der Waals surface area contributed by atoms with E-state index in [9.17, 15) is 4.79 Å². The molecule has 0 aromatic rings. The molecular formula is C17H31NO4. The molecule has 0 bridgehead atoms. The number of carbonyl (C=O) groups excluding carboxylic acids is 1. The van der Waals surface area contributed by atoms with Crippen molar-refractivity contribution in [1.82, 2.24) is 5.32 Å². The van der Waals surface area contributed by atoms with Crippen LogP contribution < -0.4 is 5.32 Å². The molecule has 5 nitrogen and oxygen atoms in total. The highest BCUT2D eigenvalue weighted by Crippen LogP contribution is 2.18. The predicted molar refractivity (Wildman–Crippen MR) is 86.6 cm³/mol. The van der Waals surface area contributed by atoms with Gasteiger partial charge in [-0.15, -0.1) is 0 Å². The lowest BCUT2D eigenvalue weighted by Crippen LogP contribution is -2.33. The molecule has 0 radical (unpaired) electrons. The molecule has 1 aliphatic rings. The first-order valence-corrected chi connectivity index (χ1v) is 8.28. The van der Waals surface area contributed by atoms with Crippen LogP contribution in [0.25, 0.3) is 0 Å². The minimum Gasteiger partial charge on any atom is -0.459 e. The highest BCUT2D eigenvalue weighted by atomic mass is 16.6. The van der Waals surface area contributed by atoms with Gasteiger partial charge in [0, 0.05) is 25.8 Å². The number of hydrogen-bond acceptors (Lipinski definition) is 5. The summed E-state index contributed by atoms with van der Waals surface area (Å²) < 4.78 is 16.2. The van der Waals surface area contributed by atoms with Crippen LogP contribution in [0.4, 0.5) is 0 Å². The zero-order chi connectivity index (χ0) is 16.4. The van der Waals surface area contributed by atoms with Gasteiger partial charge in [0.15, 0.2) is 0 Å². The first-order chi connectivity index (χ1) is 10.6. The highest BCUT2D eigenvalue weighted by Gasteiger charge is 2.19. The summed E-state index contributed by atoms with van der Waals surface area (Å²) >= 11 is 0. The fraction of sp³-hybridized carbons (Fsp3) is 0.824. The second kappa shape index (κ2) is 10.6. The molecule has 3 atom stereocenters. The van der Waals surface area contributed by atoms with Gasteiger partial charge in [-0.3, -0.25) is 4.79 Å². The van der Waals surface area contributed by atoms with E-state index in [-0.39, 0.29) is 24.7 Å². The summed E-state index contributed by atoms with van der Waals surface area (Å²) in [6, 6.07) is 0. The molecule has 1 saturated heterocycles. The molecule has 0 unspecified atom stereocenters. The molecule has 1 rings (SSSR count). The SMILES string of the molecule is C=C(C[C@H](OC)[C@@H](C)CCC)NCC(=O)O[C@@H]1CCCOC1. The summed E-state index contributed by atoms with van der Waals surface area (Å²) in [5.74, 6) is 0.215. The van der Waals surface area contributed by atoms with Gasteiger partial charge in [0.2, 0.25) is 0 Å². The van der Waals surface area contributed by atoms with Crippen LogP contribution in [0, 0.1) is 5.92 Å². The van der Waals surface area contributed by atoms with Crippen molar-refractivity contribution in [3.05, 3.63) is 12.3 Å². The van der Waals surface area contributed by atoms with Crippen molar-refractivity contribution >= 4 is 5.97 Å². The molecule has 1 aliphatic heterocycles. The van der Waals surface area contributed by atoms with Crippen LogP contribution in [0.2, 0.25) is 0 Å². The van der Waals surface area contributed by atoms with E-state index in [0.29, 0.717) is 18.9 Å². The molecule has 22 heavy (non-hydrogen) atoms. The maximum atomic E-state index is 11.8. The van der Waals surface area contributed by atoms with Crippen molar-refractivity contribution in [2.24, 2.45) is 5.92 Å². The Morgan fingerprint density at radius 2 is 2.27 bits per heavy atom. The third-order valence-electron chi connectivity index (χ3n) is 4.03. The lowest BCUT2D eigenvalue weighted by Gasteiger charge is -2.24. The molecule has 0 saturated carbocycles. The quantitative estimate of drug-likeness (QED) is 0.628. The number of nitrogens with one attached hydrogen (secondary N) is 1. The third kappa shape index (κ3) is 7.27. The van der Waals surface area contributed by atoms with E-state index in [1.807, 2.05) is 0 Å². The Balaban J connectivity index is 2.24. The Kier molecular flexibility index (Phi) is 9.16. The van der Waals surface area contributed by atoms with Crippen LogP contribution in [0.15, 0.2) is 12.3 Å². The number of hydrogen-bond donors (Lipinski definition) is 1. The molecule has 128 valence electrons. The summed E-state index contributed by atoms with van der Waals surface area (Å²) in [4.78, 5) is 11.8. The molecule has 0 aromatic carbocycles. The number of methoxy groups -OCH3 is 1. The first kappa shape index (κ1) is 19.0. The normalized spacial score (nSPS) is 21.0. The Hall–Kier alpha value is -1.07. The van der Waals surface area contributed by atoms with Crippen LogP contribution in [0.1, 0.15) is 46.0 Å². The third-order valence-corrected chi connectivity index (χ3v) is 4.03. The minimum absolute atomic E-state index is 0.104. The molecule has 0 aromatic heterocycles. The van der Waals surface area contributed by atoms with Crippen molar-refractivity contribution in [2.45, 2.75) is 58.2 Å². The van der Waals surface area contributed by atoms with Gasteiger partial charge in [-0.25, -0.2) is 0 Å². The summed E-state index contributed by atoms with van der Waals surface area (Å²) in [5, 5.41) is 3.04. The lowest BCUT2D eigenvalue weighted by molar-refractivity contribution is -0.153. The van der Waals surface area contributed by atoms with E-state index in [0.717, 1.165) is 38.0 Å². The Bertz CT molecular complexity index is 340.